The number of nitrogens with one attached hydrogen (secondary N) is 1. The molecule has 6 nitrogen and oxygen atoms in total. The number of anilines is 1. The molecule has 1 amide bonds. The Hall–Kier alpha value is -2.49. The zero-order valence-electron chi connectivity index (χ0n) is 17.9. The Morgan fingerprint density at radius 3 is 2.88 bits per heavy atom. The summed E-state index contributed by atoms with van der Waals surface area (Å²) >= 11 is 4.62. The summed E-state index contributed by atoms with van der Waals surface area (Å²) in [5.74, 6) is 1.18. The van der Waals surface area contributed by atoms with Crippen LogP contribution in [0.1, 0.15) is 40.7 Å². The number of nitrogens with zero attached hydrogens (tertiary/aromatic N) is 4. The maximum absolute atomic E-state index is 12.6. The molecule has 1 aromatic carbocycles. The van der Waals surface area contributed by atoms with Crippen LogP contribution in [0.25, 0.3) is 11.3 Å². The van der Waals surface area contributed by atoms with Crippen molar-refractivity contribution < 1.29 is 4.79 Å². The summed E-state index contributed by atoms with van der Waals surface area (Å²) in [6.07, 6.45) is 3.08. The summed E-state index contributed by atoms with van der Waals surface area (Å²) in [5.41, 5.74) is 4.36. The zero-order chi connectivity index (χ0) is 22.1. The average molecular weight is 482 g/mol. The van der Waals surface area contributed by atoms with E-state index in [0.717, 1.165) is 41.5 Å². The van der Waals surface area contributed by atoms with Crippen molar-refractivity contribution in [3.05, 3.63) is 62.9 Å². The van der Waals surface area contributed by atoms with Crippen LogP contribution in [0.5, 0.6) is 0 Å². The molecule has 9 heteroatoms. The summed E-state index contributed by atoms with van der Waals surface area (Å²) in [6, 6.07) is 11.0. The molecule has 1 fully saturated rings. The molecule has 5 rings (SSSR count). The molecule has 1 saturated carbocycles. The average Bonchev–Trinajstić information content (AvgIpc) is 3.15. The van der Waals surface area contributed by atoms with Crippen LogP contribution in [-0.4, -0.2) is 31.4 Å². The number of thioether (sulfide) groups is 1. The lowest BCUT2D eigenvalue weighted by Gasteiger charge is -2.08. The topological polar surface area (TPSA) is 72.7 Å². The van der Waals surface area contributed by atoms with Gasteiger partial charge in [0.25, 0.3) is 0 Å². The molecule has 4 aromatic rings. The van der Waals surface area contributed by atoms with Gasteiger partial charge in [-0.05, 0) is 49.8 Å². The molecule has 164 valence electrons. The lowest BCUT2D eigenvalue weighted by molar-refractivity contribution is -0.113. The molecule has 32 heavy (non-hydrogen) atoms. The van der Waals surface area contributed by atoms with Crippen LogP contribution in [0.2, 0.25) is 0 Å². The van der Waals surface area contributed by atoms with Gasteiger partial charge in [-0.3, -0.25) is 4.79 Å². The third-order valence-corrected chi connectivity index (χ3v) is 7.89. The molecule has 0 aliphatic heterocycles. The van der Waals surface area contributed by atoms with Crippen LogP contribution in [0, 0.1) is 13.8 Å². The standard InChI is InChI=1S/C23H23N5OS3/c1-14-5-6-15(2)18(10-14)19-12-31-22(24-19)25-21(29)13-32-23-27-26-20(28(23)16-7-8-16)11-17-4-3-9-30-17/h3-6,9-10,12,16H,7-8,11,13H2,1-2H3,(H,24,25,29). The van der Waals surface area contributed by atoms with Gasteiger partial charge in [0.15, 0.2) is 10.3 Å². The molecule has 1 N–H and O–H groups in total. The van der Waals surface area contributed by atoms with Gasteiger partial charge in [0.05, 0.1) is 11.4 Å². The van der Waals surface area contributed by atoms with Gasteiger partial charge in [0.2, 0.25) is 5.91 Å². The normalized spacial score (nSPS) is 13.4. The van der Waals surface area contributed by atoms with Crippen molar-refractivity contribution in [1.82, 2.24) is 19.7 Å². The number of rotatable bonds is 8. The van der Waals surface area contributed by atoms with Crippen LogP contribution in [0.4, 0.5) is 5.13 Å². The van der Waals surface area contributed by atoms with Gasteiger partial charge in [-0.25, -0.2) is 4.98 Å². The third-order valence-electron chi connectivity index (χ3n) is 5.31. The second-order valence-corrected chi connectivity index (χ2v) is 10.8. The van der Waals surface area contributed by atoms with Crippen molar-refractivity contribution in [3.63, 3.8) is 0 Å². The van der Waals surface area contributed by atoms with Crippen molar-refractivity contribution in [2.24, 2.45) is 0 Å². The van der Waals surface area contributed by atoms with Crippen LogP contribution in [-0.2, 0) is 11.2 Å². The number of benzene rings is 1. The second-order valence-electron chi connectivity index (χ2n) is 7.95. The first kappa shape index (κ1) is 21.4. The quantitative estimate of drug-likeness (QED) is 0.325. The Morgan fingerprint density at radius 2 is 2.09 bits per heavy atom. The lowest BCUT2D eigenvalue weighted by Crippen LogP contribution is -2.14. The minimum absolute atomic E-state index is 0.0815. The molecule has 0 atom stereocenters. The summed E-state index contributed by atoms with van der Waals surface area (Å²) in [7, 11) is 0. The Morgan fingerprint density at radius 1 is 1.22 bits per heavy atom. The fraction of sp³-hybridized carbons (Fsp3) is 0.304. The first-order valence-electron chi connectivity index (χ1n) is 10.5. The Bertz CT molecular complexity index is 1240. The van der Waals surface area contributed by atoms with Crippen molar-refractivity contribution in [2.45, 2.75) is 44.3 Å². The van der Waals surface area contributed by atoms with Crippen LogP contribution in [0.3, 0.4) is 0 Å². The molecule has 1 aliphatic carbocycles. The highest BCUT2D eigenvalue weighted by Gasteiger charge is 2.30. The molecular weight excluding hydrogens is 458 g/mol. The first-order chi connectivity index (χ1) is 15.6. The van der Waals surface area contributed by atoms with Crippen molar-refractivity contribution in [3.8, 4) is 11.3 Å². The number of hydrogen-bond donors (Lipinski definition) is 1. The Labute approximate surface area is 199 Å². The third kappa shape index (κ3) is 4.79. The minimum atomic E-state index is -0.0815. The monoisotopic (exact) mass is 481 g/mol. The van der Waals surface area contributed by atoms with Crippen molar-refractivity contribution in [1.29, 1.82) is 0 Å². The minimum Gasteiger partial charge on any atom is -0.303 e. The number of carbonyl (C=O) groups excluding carboxylic acids is 1. The van der Waals surface area contributed by atoms with E-state index < -0.39 is 0 Å². The summed E-state index contributed by atoms with van der Waals surface area (Å²) in [4.78, 5) is 18.5. The van der Waals surface area contributed by atoms with E-state index in [2.05, 4.69) is 74.6 Å². The Balaban J connectivity index is 1.23. The molecule has 0 spiro atoms. The number of carbonyl (C=O) groups is 1. The fourth-order valence-corrected chi connectivity index (χ4v) is 5.80. The van der Waals surface area contributed by atoms with Gasteiger partial charge in [-0.1, -0.05) is 35.5 Å². The van der Waals surface area contributed by atoms with E-state index in [9.17, 15) is 4.79 Å². The molecule has 0 radical (unpaired) electrons. The largest absolute Gasteiger partial charge is 0.303 e. The van der Waals surface area contributed by atoms with Crippen LogP contribution < -0.4 is 5.32 Å². The van der Waals surface area contributed by atoms with Gasteiger partial charge in [0.1, 0.15) is 5.82 Å². The van der Waals surface area contributed by atoms with Gasteiger partial charge in [-0.2, -0.15) is 0 Å². The molecule has 0 bridgehead atoms. The first-order valence-corrected chi connectivity index (χ1v) is 13.2. The number of hydrogen-bond acceptors (Lipinski definition) is 7. The molecule has 0 saturated heterocycles. The highest BCUT2D eigenvalue weighted by Crippen LogP contribution is 2.39. The van der Waals surface area contributed by atoms with Gasteiger partial charge in [-0.15, -0.1) is 32.9 Å². The number of aromatic nitrogens is 4. The molecule has 1 aliphatic rings. The van der Waals surface area contributed by atoms with Gasteiger partial charge < -0.3 is 9.88 Å². The second kappa shape index (κ2) is 9.17. The van der Waals surface area contributed by atoms with Crippen LogP contribution in [0.15, 0.2) is 46.2 Å². The lowest BCUT2D eigenvalue weighted by atomic mass is 10.0. The molecule has 3 aromatic heterocycles. The zero-order valence-corrected chi connectivity index (χ0v) is 20.3. The summed E-state index contributed by atoms with van der Waals surface area (Å²) in [6.45, 7) is 4.15. The maximum Gasteiger partial charge on any atom is 0.236 e. The van der Waals surface area contributed by atoms with E-state index in [0.29, 0.717) is 11.2 Å². The molecule has 0 unspecified atom stereocenters. The van der Waals surface area contributed by atoms with E-state index >= 15 is 0 Å². The van der Waals surface area contributed by atoms with E-state index in [-0.39, 0.29) is 11.7 Å². The van der Waals surface area contributed by atoms with E-state index in [1.807, 2.05) is 5.38 Å². The van der Waals surface area contributed by atoms with Gasteiger partial charge in [0, 0.05) is 28.3 Å². The van der Waals surface area contributed by atoms with E-state index in [1.54, 1.807) is 11.3 Å². The Kier molecular flexibility index (Phi) is 6.12. The highest BCUT2D eigenvalue weighted by molar-refractivity contribution is 7.99. The number of amides is 1. The van der Waals surface area contributed by atoms with Crippen molar-refractivity contribution in [2.75, 3.05) is 11.1 Å². The molecular formula is C23H23N5OS3. The fourth-order valence-electron chi connectivity index (χ4n) is 3.55. The van der Waals surface area contributed by atoms with Gasteiger partial charge >= 0.3 is 0 Å². The highest BCUT2D eigenvalue weighted by atomic mass is 32.2. The summed E-state index contributed by atoms with van der Waals surface area (Å²) < 4.78 is 2.22. The summed E-state index contributed by atoms with van der Waals surface area (Å²) in [5, 5.41) is 17.3. The van der Waals surface area contributed by atoms with Crippen LogP contribution >= 0.6 is 34.4 Å². The van der Waals surface area contributed by atoms with E-state index in [1.165, 1.54) is 39.1 Å². The number of thiazole rings is 1. The molecule has 3 heterocycles. The number of thiophene rings is 1. The predicted octanol–water partition coefficient (Wildman–Crippen LogP) is 5.74. The SMILES string of the molecule is Cc1ccc(C)c(-c2csc(NC(=O)CSc3nnc(Cc4cccs4)n3C3CC3)n2)c1. The smallest absolute Gasteiger partial charge is 0.236 e. The predicted molar refractivity (Wildman–Crippen MR) is 132 cm³/mol. The van der Waals surface area contributed by atoms with Crippen molar-refractivity contribution >= 4 is 45.5 Å². The number of aryl methyl sites for hydroxylation is 2. The maximum atomic E-state index is 12.6. The van der Waals surface area contributed by atoms with E-state index in [4.69, 9.17) is 0 Å².